The van der Waals surface area contributed by atoms with Crippen molar-refractivity contribution in [3.8, 4) is 11.6 Å². The van der Waals surface area contributed by atoms with Gasteiger partial charge in [0, 0.05) is 17.8 Å². The Morgan fingerprint density at radius 3 is 2.59 bits per heavy atom. The van der Waals surface area contributed by atoms with Gasteiger partial charge >= 0.3 is 0 Å². The molecule has 0 unspecified atom stereocenters. The van der Waals surface area contributed by atoms with E-state index in [0.717, 1.165) is 28.3 Å². The van der Waals surface area contributed by atoms with Crippen LogP contribution in [0.2, 0.25) is 0 Å². The Balaban J connectivity index is 1.48. The van der Waals surface area contributed by atoms with E-state index < -0.39 is 0 Å². The summed E-state index contributed by atoms with van der Waals surface area (Å²) in [6.07, 6.45) is 1.69. The van der Waals surface area contributed by atoms with Gasteiger partial charge in [-0.1, -0.05) is 17.3 Å². The molecule has 2 aromatic rings. The molecule has 1 aromatic heterocycles. The highest BCUT2D eigenvalue weighted by Crippen LogP contribution is 2.13. The summed E-state index contributed by atoms with van der Waals surface area (Å²) < 4.78 is 11.0. The first kappa shape index (κ1) is 18.5. The zero-order valence-corrected chi connectivity index (χ0v) is 15.3. The lowest BCUT2D eigenvalue weighted by Gasteiger charge is -2.06. The molecule has 3 rings (SSSR count). The van der Waals surface area contributed by atoms with Crippen LogP contribution in [0, 0.1) is 0 Å². The number of ether oxygens (including phenoxy) is 2. The summed E-state index contributed by atoms with van der Waals surface area (Å²) in [4.78, 5) is 9.70. The first-order valence-corrected chi connectivity index (χ1v) is 8.64. The second-order valence-corrected chi connectivity index (χ2v) is 5.76. The predicted molar refractivity (Wildman–Crippen MR) is 102 cm³/mol. The van der Waals surface area contributed by atoms with Gasteiger partial charge in [0.1, 0.15) is 31.2 Å². The van der Waals surface area contributed by atoms with Crippen LogP contribution in [0.4, 0.5) is 0 Å². The molecule has 0 amide bonds. The summed E-state index contributed by atoms with van der Waals surface area (Å²) in [6, 6.07) is 11.4. The van der Waals surface area contributed by atoms with Crippen LogP contribution in [0.25, 0.3) is 0 Å². The van der Waals surface area contributed by atoms with Crippen LogP contribution in [0.15, 0.2) is 63.2 Å². The summed E-state index contributed by atoms with van der Waals surface area (Å²) in [6.45, 7) is 5.67. The van der Waals surface area contributed by atoms with E-state index in [1.807, 2.05) is 44.2 Å². The van der Waals surface area contributed by atoms with Gasteiger partial charge < -0.3 is 14.3 Å². The van der Waals surface area contributed by atoms with Crippen molar-refractivity contribution in [2.24, 2.45) is 20.6 Å². The fraction of sp³-hybridized carbons (Fsp3) is 0.316. The van der Waals surface area contributed by atoms with Gasteiger partial charge in [-0.3, -0.25) is 0 Å². The van der Waals surface area contributed by atoms with E-state index in [-0.39, 0.29) is 0 Å². The average Bonchev–Trinajstić information content (AvgIpc) is 3.22. The minimum absolute atomic E-state index is 0.331. The number of nitrogens with zero attached hydrogens (tertiary/aromatic N) is 5. The molecule has 0 saturated heterocycles. The van der Waals surface area contributed by atoms with Crippen molar-refractivity contribution < 1.29 is 14.3 Å². The molecule has 0 N–H and O–H groups in total. The number of oxime groups is 1. The van der Waals surface area contributed by atoms with Crippen LogP contribution in [-0.2, 0) is 11.4 Å². The van der Waals surface area contributed by atoms with Gasteiger partial charge in [-0.25, -0.2) is 4.98 Å². The van der Waals surface area contributed by atoms with Gasteiger partial charge in [-0.15, -0.1) is 5.10 Å². The molecule has 1 aliphatic rings. The molecule has 0 spiro atoms. The third kappa shape index (κ3) is 5.60. The largest absolute Gasteiger partial charge is 0.494 e. The Hall–Kier alpha value is -3.29. The third-order valence-electron chi connectivity index (χ3n) is 3.71. The zero-order valence-electron chi connectivity index (χ0n) is 15.3. The molecule has 0 aliphatic carbocycles. The van der Waals surface area contributed by atoms with Crippen molar-refractivity contribution in [1.29, 1.82) is 0 Å². The lowest BCUT2D eigenvalue weighted by molar-refractivity contribution is 0.130. The van der Waals surface area contributed by atoms with Crippen LogP contribution in [0.3, 0.4) is 0 Å². The molecule has 140 valence electrons. The van der Waals surface area contributed by atoms with Crippen LogP contribution in [0.5, 0.6) is 11.6 Å². The Morgan fingerprint density at radius 2 is 1.93 bits per heavy atom. The highest BCUT2D eigenvalue weighted by atomic mass is 16.6. The molecule has 2 heterocycles. The molecule has 0 bridgehead atoms. The van der Waals surface area contributed by atoms with Gasteiger partial charge in [0.15, 0.2) is 0 Å². The van der Waals surface area contributed by atoms with E-state index in [2.05, 4.69) is 25.6 Å². The highest BCUT2D eigenvalue weighted by Gasteiger charge is 2.06. The molecular weight excluding hydrogens is 346 g/mol. The van der Waals surface area contributed by atoms with Crippen LogP contribution in [-0.4, -0.2) is 36.2 Å². The quantitative estimate of drug-likeness (QED) is 0.500. The van der Waals surface area contributed by atoms with E-state index in [4.69, 9.17) is 14.3 Å². The van der Waals surface area contributed by atoms with E-state index in [1.54, 1.807) is 12.3 Å². The van der Waals surface area contributed by atoms with Crippen molar-refractivity contribution in [2.45, 2.75) is 20.5 Å². The van der Waals surface area contributed by atoms with Crippen molar-refractivity contribution >= 4 is 11.4 Å². The first-order chi connectivity index (χ1) is 13.2. The van der Waals surface area contributed by atoms with Crippen LogP contribution >= 0.6 is 0 Å². The molecule has 0 saturated carbocycles. The van der Waals surface area contributed by atoms with Crippen molar-refractivity contribution in [2.75, 3.05) is 19.8 Å². The lowest BCUT2D eigenvalue weighted by atomic mass is 10.2. The van der Waals surface area contributed by atoms with E-state index >= 15 is 0 Å². The fourth-order valence-corrected chi connectivity index (χ4v) is 2.26. The van der Waals surface area contributed by atoms with Gasteiger partial charge in [-0.2, -0.15) is 5.11 Å². The molecular formula is C19H21N5O3. The first-order valence-electron chi connectivity index (χ1n) is 8.64. The predicted octanol–water partition coefficient (Wildman–Crippen LogP) is 3.62. The number of rotatable bonds is 9. The standard InChI is InChI=1S/C19H21N5O3/c1-3-25-18-7-4-15(5-8-18)12-27-23-14(2)16-6-9-19(20-10-16)26-13-17-11-21-24-22-17/h4-10H,3,11-13H2,1-2H3/b23-14+. The highest BCUT2D eigenvalue weighted by molar-refractivity contribution is 5.98. The van der Waals surface area contributed by atoms with Gasteiger partial charge in [-0.05, 0) is 42.8 Å². The Kier molecular flexibility index (Phi) is 6.45. The number of aromatic nitrogens is 1. The molecule has 27 heavy (non-hydrogen) atoms. The zero-order chi connectivity index (χ0) is 18.9. The SMILES string of the molecule is CCOc1ccc(CO/N=C(\C)c2ccc(OCC3=NN=NC3)nc2)cc1. The Bertz CT molecular complexity index is 829. The summed E-state index contributed by atoms with van der Waals surface area (Å²) in [5.41, 5.74) is 3.39. The Morgan fingerprint density at radius 1 is 1.07 bits per heavy atom. The smallest absolute Gasteiger partial charge is 0.213 e. The monoisotopic (exact) mass is 367 g/mol. The fourth-order valence-electron chi connectivity index (χ4n) is 2.26. The maximum atomic E-state index is 5.55. The molecule has 8 nitrogen and oxygen atoms in total. The molecule has 0 atom stereocenters. The second-order valence-electron chi connectivity index (χ2n) is 5.76. The summed E-state index contributed by atoms with van der Waals surface area (Å²) in [5, 5.41) is 15.3. The second kappa shape index (κ2) is 9.42. The molecule has 8 heteroatoms. The molecule has 1 aromatic carbocycles. The molecule has 0 fully saturated rings. The van der Waals surface area contributed by atoms with Crippen molar-refractivity contribution in [3.05, 3.63) is 53.7 Å². The summed E-state index contributed by atoms with van der Waals surface area (Å²) in [7, 11) is 0. The number of pyridine rings is 1. The van der Waals surface area contributed by atoms with Crippen LogP contribution < -0.4 is 9.47 Å². The maximum Gasteiger partial charge on any atom is 0.213 e. The summed E-state index contributed by atoms with van der Waals surface area (Å²) >= 11 is 0. The van der Waals surface area contributed by atoms with Crippen molar-refractivity contribution in [3.63, 3.8) is 0 Å². The topological polar surface area (TPSA) is 90.0 Å². The maximum absolute atomic E-state index is 5.55. The number of hydrogen-bond donors (Lipinski definition) is 0. The van der Waals surface area contributed by atoms with E-state index in [9.17, 15) is 0 Å². The minimum atomic E-state index is 0.331. The van der Waals surface area contributed by atoms with Gasteiger partial charge in [0.25, 0.3) is 0 Å². The Labute approximate surface area is 157 Å². The molecule has 1 aliphatic heterocycles. The van der Waals surface area contributed by atoms with E-state index in [1.165, 1.54) is 0 Å². The minimum Gasteiger partial charge on any atom is -0.494 e. The average molecular weight is 367 g/mol. The van der Waals surface area contributed by atoms with Gasteiger partial charge in [0.05, 0.1) is 12.3 Å². The lowest BCUT2D eigenvalue weighted by Crippen LogP contribution is -2.13. The summed E-state index contributed by atoms with van der Waals surface area (Å²) in [5.74, 6) is 1.36. The normalized spacial score (nSPS) is 13.4. The van der Waals surface area contributed by atoms with Gasteiger partial charge in [0.2, 0.25) is 5.88 Å². The van der Waals surface area contributed by atoms with Crippen molar-refractivity contribution in [1.82, 2.24) is 4.98 Å². The molecule has 0 radical (unpaired) electrons. The van der Waals surface area contributed by atoms with Crippen LogP contribution in [0.1, 0.15) is 25.0 Å². The number of benzene rings is 1. The number of hydrogen-bond acceptors (Lipinski definition) is 8. The third-order valence-corrected chi connectivity index (χ3v) is 3.71. The van der Waals surface area contributed by atoms with E-state index in [0.29, 0.717) is 32.2 Å².